The Morgan fingerprint density at radius 3 is 2.22 bits per heavy atom. The summed E-state index contributed by atoms with van der Waals surface area (Å²) in [6, 6.07) is 9.73. The monoisotopic (exact) mass is 443 g/mol. The van der Waals surface area contributed by atoms with E-state index in [2.05, 4.69) is 5.32 Å². The molecular weight excluding hydrogens is 414 g/mol. The Morgan fingerprint density at radius 1 is 1.12 bits per heavy atom. The number of aliphatic hydroxyl groups excluding tert-OH is 1. The standard InChI is InChI=1S/C24H29NO7/c1-24(9-4-10-32-24)23(29)25-18(22(27)28)11-15-5-7-17(8-6-15)21-19(30-2)12-16(14-26)13-20(21)31-3/h5-8,12-13,18,26H,4,9-11,14H2,1-3H3,(H,25,29)(H,27,28)/t18-,24?/m0/s1. The number of carboxylic acid groups (broad SMARTS) is 1. The quantitative estimate of drug-likeness (QED) is 0.546. The first-order chi connectivity index (χ1) is 15.3. The normalized spacial score (nSPS) is 18.8. The van der Waals surface area contributed by atoms with Gasteiger partial charge in [0.25, 0.3) is 5.91 Å². The number of ether oxygens (including phenoxy) is 3. The van der Waals surface area contributed by atoms with Gasteiger partial charge in [-0.15, -0.1) is 0 Å². The van der Waals surface area contributed by atoms with E-state index >= 15 is 0 Å². The molecule has 1 saturated heterocycles. The zero-order valence-electron chi connectivity index (χ0n) is 18.5. The van der Waals surface area contributed by atoms with Crippen LogP contribution in [0.3, 0.4) is 0 Å². The Kier molecular flexibility index (Phi) is 7.37. The van der Waals surface area contributed by atoms with Crippen molar-refractivity contribution in [2.24, 2.45) is 0 Å². The van der Waals surface area contributed by atoms with Crippen molar-refractivity contribution in [1.29, 1.82) is 0 Å². The second-order valence-electron chi connectivity index (χ2n) is 7.98. The first kappa shape index (κ1) is 23.6. The van der Waals surface area contributed by atoms with Crippen molar-refractivity contribution in [1.82, 2.24) is 5.32 Å². The molecule has 2 aromatic rings. The molecule has 1 aliphatic rings. The highest BCUT2D eigenvalue weighted by Gasteiger charge is 2.39. The van der Waals surface area contributed by atoms with Gasteiger partial charge in [-0.25, -0.2) is 4.79 Å². The topological polar surface area (TPSA) is 114 Å². The predicted molar refractivity (Wildman–Crippen MR) is 118 cm³/mol. The highest BCUT2D eigenvalue weighted by molar-refractivity contribution is 5.89. The van der Waals surface area contributed by atoms with Gasteiger partial charge in [0.05, 0.1) is 26.4 Å². The van der Waals surface area contributed by atoms with E-state index in [9.17, 15) is 19.8 Å². The lowest BCUT2D eigenvalue weighted by molar-refractivity contribution is -0.147. The van der Waals surface area contributed by atoms with Crippen LogP contribution in [0.2, 0.25) is 0 Å². The number of carboxylic acids is 1. The van der Waals surface area contributed by atoms with Gasteiger partial charge < -0.3 is 29.7 Å². The average Bonchev–Trinajstić information content (AvgIpc) is 3.25. The lowest BCUT2D eigenvalue weighted by Crippen LogP contribution is -2.51. The van der Waals surface area contributed by atoms with Crippen molar-refractivity contribution >= 4 is 11.9 Å². The van der Waals surface area contributed by atoms with E-state index in [1.165, 1.54) is 0 Å². The fourth-order valence-electron chi connectivity index (χ4n) is 3.85. The number of amides is 1. The number of rotatable bonds is 9. The molecule has 0 radical (unpaired) electrons. The lowest BCUT2D eigenvalue weighted by Gasteiger charge is -2.24. The highest BCUT2D eigenvalue weighted by Crippen LogP contribution is 2.39. The van der Waals surface area contributed by atoms with Crippen molar-refractivity contribution in [3.05, 3.63) is 47.5 Å². The summed E-state index contributed by atoms with van der Waals surface area (Å²) in [5, 5.41) is 21.7. The average molecular weight is 443 g/mol. The Balaban J connectivity index is 1.80. The first-order valence-corrected chi connectivity index (χ1v) is 10.4. The molecule has 0 aromatic heterocycles. The summed E-state index contributed by atoms with van der Waals surface area (Å²) in [5.74, 6) is -0.396. The van der Waals surface area contributed by atoms with E-state index in [0.717, 1.165) is 23.1 Å². The molecule has 32 heavy (non-hydrogen) atoms. The van der Waals surface area contributed by atoms with E-state index in [-0.39, 0.29) is 13.0 Å². The van der Waals surface area contributed by atoms with Crippen LogP contribution >= 0.6 is 0 Å². The predicted octanol–water partition coefficient (Wildman–Crippen LogP) is 2.54. The van der Waals surface area contributed by atoms with Crippen molar-refractivity contribution < 1.29 is 34.0 Å². The largest absolute Gasteiger partial charge is 0.496 e. The molecule has 1 aliphatic heterocycles. The highest BCUT2D eigenvalue weighted by atomic mass is 16.5. The van der Waals surface area contributed by atoms with Gasteiger partial charge in [0.2, 0.25) is 0 Å². The zero-order chi connectivity index (χ0) is 23.3. The maximum absolute atomic E-state index is 12.6. The molecule has 0 bridgehead atoms. The van der Waals surface area contributed by atoms with Crippen LogP contribution in [0.25, 0.3) is 11.1 Å². The number of carbonyl (C=O) groups is 2. The van der Waals surface area contributed by atoms with Crippen molar-refractivity contribution in [2.45, 2.75) is 44.4 Å². The van der Waals surface area contributed by atoms with Gasteiger partial charge >= 0.3 is 5.97 Å². The number of carbonyl (C=O) groups excluding carboxylic acids is 1. The molecule has 3 N–H and O–H groups in total. The van der Waals surface area contributed by atoms with E-state index in [4.69, 9.17) is 14.2 Å². The minimum atomic E-state index is -1.10. The molecule has 2 aromatic carbocycles. The summed E-state index contributed by atoms with van der Waals surface area (Å²) >= 11 is 0. The van der Waals surface area contributed by atoms with Gasteiger partial charge in [0, 0.05) is 13.0 Å². The molecule has 172 valence electrons. The number of aliphatic hydroxyl groups is 1. The van der Waals surface area contributed by atoms with Gasteiger partial charge in [0.1, 0.15) is 23.1 Å². The number of methoxy groups -OCH3 is 2. The molecule has 0 spiro atoms. The molecule has 0 aliphatic carbocycles. The molecule has 1 heterocycles. The molecular formula is C24H29NO7. The fraction of sp³-hybridized carbons (Fsp3) is 0.417. The summed E-state index contributed by atoms with van der Waals surface area (Å²) < 4.78 is 16.5. The van der Waals surface area contributed by atoms with Crippen LogP contribution in [0.15, 0.2) is 36.4 Å². The molecule has 8 nitrogen and oxygen atoms in total. The summed E-state index contributed by atoms with van der Waals surface area (Å²) in [4.78, 5) is 24.3. The minimum Gasteiger partial charge on any atom is -0.496 e. The summed E-state index contributed by atoms with van der Waals surface area (Å²) in [7, 11) is 3.09. The summed E-state index contributed by atoms with van der Waals surface area (Å²) in [5.41, 5.74) is 1.98. The number of hydrogen-bond acceptors (Lipinski definition) is 6. The van der Waals surface area contributed by atoms with Crippen molar-refractivity contribution in [2.75, 3.05) is 20.8 Å². The SMILES string of the molecule is COc1cc(CO)cc(OC)c1-c1ccc(C[C@H](NC(=O)C2(C)CCCO2)C(=O)O)cc1. The maximum atomic E-state index is 12.6. The van der Waals surface area contributed by atoms with Gasteiger partial charge in [0.15, 0.2) is 0 Å². The molecule has 1 amide bonds. The third kappa shape index (κ3) is 5.03. The lowest BCUT2D eigenvalue weighted by atomic mass is 9.97. The third-order valence-electron chi connectivity index (χ3n) is 5.73. The Morgan fingerprint density at radius 2 is 1.75 bits per heavy atom. The van der Waals surface area contributed by atoms with Crippen LogP contribution in [0.4, 0.5) is 0 Å². The van der Waals surface area contributed by atoms with Gasteiger partial charge in [-0.3, -0.25) is 4.79 Å². The smallest absolute Gasteiger partial charge is 0.326 e. The van der Waals surface area contributed by atoms with E-state index < -0.39 is 23.5 Å². The number of aliphatic carboxylic acids is 1. The number of nitrogens with one attached hydrogen (secondary N) is 1. The Bertz CT molecular complexity index is 940. The molecule has 2 atom stereocenters. The number of hydrogen-bond donors (Lipinski definition) is 3. The molecule has 8 heteroatoms. The minimum absolute atomic E-state index is 0.134. The van der Waals surface area contributed by atoms with Gasteiger partial charge in [-0.1, -0.05) is 24.3 Å². The summed E-state index contributed by atoms with van der Waals surface area (Å²) in [6.45, 7) is 2.04. The second kappa shape index (κ2) is 10.0. The molecule has 1 unspecified atom stereocenters. The van der Waals surface area contributed by atoms with E-state index in [1.54, 1.807) is 33.3 Å². The zero-order valence-corrected chi connectivity index (χ0v) is 18.5. The van der Waals surface area contributed by atoms with E-state index in [1.807, 2.05) is 24.3 Å². The van der Waals surface area contributed by atoms with Crippen LogP contribution in [-0.4, -0.2) is 54.6 Å². The Hall–Kier alpha value is -3.10. The molecule has 0 saturated carbocycles. The summed E-state index contributed by atoms with van der Waals surface area (Å²) in [6.07, 6.45) is 1.48. The van der Waals surface area contributed by atoms with Crippen LogP contribution in [-0.2, 0) is 27.4 Å². The van der Waals surface area contributed by atoms with Crippen molar-refractivity contribution in [3.8, 4) is 22.6 Å². The molecule has 3 rings (SSSR count). The second-order valence-corrected chi connectivity index (χ2v) is 7.98. The molecule has 1 fully saturated rings. The third-order valence-corrected chi connectivity index (χ3v) is 5.73. The van der Waals surface area contributed by atoms with Gasteiger partial charge in [-0.05, 0) is 48.6 Å². The maximum Gasteiger partial charge on any atom is 0.326 e. The number of benzene rings is 2. The van der Waals surface area contributed by atoms with E-state index in [0.29, 0.717) is 30.1 Å². The van der Waals surface area contributed by atoms with Crippen LogP contribution < -0.4 is 14.8 Å². The van der Waals surface area contributed by atoms with Crippen LogP contribution in [0.5, 0.6) is 11.5 Å². The van der Waals surface area contributed by atoms with Gasteiger partial charge in [-0.2, -0.15) is 0 Å². The Labute approximate surface area is 187 Å². The van der Waals surface area contributed by atoms with Crippen LogP contribution in [0.1, 0.15) is 30.9 Å². The van der Waals surface area contributed by atoms with Crippen LogP contribution in [0, 0.1) is 0 Å². The van der Waals surface area contributed by atoms with Crippen molar-refractivity contribution in [3.63, 3.8) is 0 Å². The first-order valence-electron chi connectivity index (χ1n) is 10.4. The fourth-order valence-corrected chi connectivity index (χ4v) is 3.85.